The van der Waals surface area contributed by atoms with Gasteiger partial charge in [-0.2, -0.15) is 0 Å². The Morgan fingerprint density at radius 3 is 2.72 bits per heavy atom. The highest BCUT2D eigenvalue weighted by Gasteiger charge is 2.11. The second kappa shape index (κ2) is 8.19. The molecule has 0 fully saturated rings. The first-order valence-corrected chi connectivity index (χ1v) is 6.31. The summed E-state index contributed by atoms with van der Waals surface area (Å²) in [5.41, 5.74) is 0.729. The van der Waals surface area contributed by atoms with Crippen molar-refractivity contribution in [3.8, 4) is 0 Å². The zero-order chi connectivity index (χ0) is 13.4. The number of hydrogen-bond acceptors (Lipinski definition) is 3. The summed E-state index contributed by atoms with van der Waals surface area (Å²) in [6.07, 6.45) is 0. The van der Waals surface area contributed by atoms with Crippen LogP contribution in [0, 0.1) is 5.82 Å². The summed E-state index contributed by atoms with van der Waals surface area (Å²) in [4.78, 5) is 2.10. The molecule has 0 aliphatic carbocycles. The molecule has 0 spiro atoms. The van der Waals surface area contributed by atoms with E-state index < -0.39 is 0 Å². The van der Waals surface area contributed by atoms with E-state index in [4.69, 9.17) is 4.74 Å². The lowest BCUT2D eigenvalue weighted by molar-refractivity contribution is 0.144. The molecular weight excluding hydrogens is 231 g/mol. The van der Waals surface area contributed by atoms with Gasteiger partial charge >= 0.3 is 0 Å². The number of hydrogen-bond donors (Lipinski definition) is 1. The summed E-state index contributed by atoms with van der Waals surface area (Å²) in [7, 11) is 3.69. The summed E-state index contributed by atoms with van der Waals surface area (Å²) in [6, 6.07) is 7.18. The van der Waals surface area contributed by atoms with E-state index in [0.717, 1.165) is 18.7 Å². The third-order valence-corrected chi connectivity index (χ3v) is 2.79. The fourth-order valence-corrected chi connectivity index (χ4v) is 2.02. The van der Waals surface area contributed by atoms with Gasteiger partial charge in [0, 0.05) is 31.8 Å². The van der Waals surface area contributed by atoms with Crippen LogP contribution in [0.3, 0.4) is 0 Å². The first-order valence-electron chi connectivity index (χ1n) is 6.31. The van der Waals surface area contributed by atoms with Crippen LogP contribution in [0.2, 0.25) is 0 Å². The molecule has 0 aromatic heterocycles. The SMILES string of the molecule is CCNC(COC)CN(C)Cc1ccccc1F. The maximum atomic E-state index is 13.5. The molecule has 4 heteroatoms. The lowest BCUT2D eigenvalue weighted by Gasteiger charge is -2.24. The molecule has 0 aliphatic rings. The Balaban J connectivity index is 2.49. The van der Waals surface area contributed by atoms with Crippen LogP contribution in [0.25, 0.3) is 0 Å². The summed E-state index contributed by atoms with van der Waals surface area (Å²) in [6.45, 7) is 5.07. The molecule has 3 nitrogen and oxygen atoms in total. The van der Waals surface area contributed by atoms with Crippen molar-refractivity contribution < 1.29 is 9.13 Å². The third kappa shape index (κ3) is 5.12. The van der Waals surface area contributed by atoms with E-state index in [1.807, 2.05) is 19.2 Å². The van der Waals surface area contributed by atoms with Gasteiger partial charge in [-0.05, 0) is 19.7 Å². The molecule has 102 valence electrons. The van der Waals surface area contributed by atoms with Crippen molar-refractivity contribution in [3.63, 3.8) is 0 Å². The van der Waals surface area contributed by atoms with Crippen LogP contribution in [0.5, 0.6) is 0 Å². The first kappa shape index (κ1) is 15.1. The Morgan fingerprint density at radius 2 is 2.11 bits per heavy atom. The fourth-order valence-electron chi connectivity index (χ4n) is 2.02. The van der Waals surface area contributed by atoms with Gasteiger partial charge in [0.25, 0.3) is 0 Å². The summed E-state index contributed by atoms with van der Waals surface area (Å²) in [5.74, 6) is -0.143. The second-order valence-corrected chi connectivity index (χ2v) is 4.50. The smallest absolute Gasteiger partial charge is 0.127 e. The van der Waals surface area contributed by atoms with Crippen LogP contribution in [0.15, 0.2) is 24.3 Å². The highest BCUT2D eigenvalue weighted by atomic mass is 19.1. The van der Waals surface area contributed by atoms with E-state index >= 15 is 0 Å². The van der Waals surface area contributed by atoms with Crippen molar-refractivity contribution in [2.75, 3.05) is 33.9 Å². The quantitative estimate of drug-likeness (QED) is 0.766. The zero-order valence-electron chi connectivity index (χ0n) is 11.4. The van der Waals surface area contributed by atoms with Gasteiger partial charge in [-0.1, -0.05) is 25.1 Å². The maximum absolute atomic E-state index is 13.5. The Kier molecular flexibility index (Phi) is 6.86. The van der Waals surface area contributed by atoms with E-state index in [2.05, 4.69) is 17.1 Å². The molecular formula is C14H23FN2O. The molecule has 18 heavy (non-hydrogen) atoms. The molecule has 1 rings (SSSR count). The van der Waals surface area contributed by atoms with E-state index in [9.17, 15) is 4.39 Å². The van der Waals surface area contributed by atoms with Crippen LogP contribution in [0.4, 0.5) is 4.39 Å². The molecule has 0 radical (unpaired) electrons. The van der Waals surface area contributed by atoms with Crippen molar-refractivity contribution in [2.24, 2.45) is 0 Å². The monoisotopic (exact) mass is 254 g/mol. The van der Waals surface area contributed by atoms with Gasteiger partial charge in [0.05, 0.1) is 6.61 Å². The van der Waals surface area contributed by atoms with Crippen molar-refractivity contribution in [3.05, 3.63) is 35.6 Å². The molecule has 0 bridgehead atoms. The highest BCUT2D eigenvalue weighted by molar-refractivity contribution is 5.16. The van der Waals surface area contributed by atoms with Gasteiger partial charge in [-0.15, -0.1) is 0 Å². The molecule has 1 atom stereocenters. The van der Waals surface area contributed by atoms with E-state index in [1.165, 1.54) is 6.07 Å². The van der Waals surface area contributed by atoms with Crippen LogP contribution in [-0.2, 0) is 11.3 Å². The van der Waals surface area contributed by atoms with Gasteiger partial charge < -0.3 is 15.0 Å². The van der Waals surface area contributed by atoms with Gasteiger partial charge in [0.1, 0.15) is 5.82 Å². The molecule has 0 saturated heterocycles. The van der Waals surface area contributed by atoms with E-state index in [-0.39, 0.29) is 11.9 Å². The number of nitrogens with one attached hydrogen (secondary N) is 1. The molecule has 1 aromatic carbocycles. The Morgan fingerprint density at radius 1 is 1.39 bits per heavy atom. The average molecular weight is 254 g/mol. The normalized spacial score (nSPS) is 12.9. The van der Waals surface area contributed by atoms with Crippen LogP contribution >= 0.6 is 0 Å². The summed E-state index contributed by atoms with van der Waals surface area (Å²) >= 11 is 0. The van der Waals surface area contributed by atoms with Gasteiger partial charge in [0.2, 0.25) is 0 Å². The number of benzene rings is 1. The van der Waals surface area contributed by atoms with Gasteiger partial charge in [0.15, 0.2) is 0 Å². The van der Waals surface area contributed by atoms with Crippen molar-refractivity contribution >= 4 is 0 Å². The van der Waals surface area contributed by atoms with Crippen molar-refractivity contribution in [2.45, 2.75) is 19.5 Å². The van der Waals surface area contributed by atoms with Crippen LogP contribution < -0.4 is 5.32 Å². The largest absolute Gasteiger partial charge is 0.383 e. The minimum absolute atomic E-state index is 0.143. The molecule has 1 unspecified atom stereocenters. The molecule has 0 aliphatic heterocycles. The Bertz CT molecular complexity index is 340. The molecule has 0 saturated carbocycles. The molecule has 0 heterocycles. The average Bonchev–Trinajstić information content (AvgIpc) is 2.33. The van der Waals surface area contributed by atoms with E-state index in [0.29, 0.717) is 13.2 Å². The standard InChI is InChI=1S/C14H23FN2O/c1-4-16-13(11-18-3)10-17(2)9-12-7-5-6-8-14(12)15/h5-8,13,16H,4,9-11H2,1-3H3. The predicted molar refractivity (Wildman–Crippen MR) is 72.1 cm³/mol. The van der Waals surface area contributed by atoms with Gasteiger partial charge in [-0.25, -0.2) is 4.39 Å². The van der Waals surface area contributed by atoms with Crippen molar-refractivity contribution in [1.82, 2.24) is 10.2 Å². The van der Waals surface area contributed by atoms with Crippen molar-refractivity contribution in [1.29, 1.82) is 0 Å². The zero-order valence-corrected chi connectivity index (χ0v) is 11.4. The number of methoxy groups -OCH3 is 1. The third-order valence-electron chi connectivity index (χ3n) is 2.79. The topological polar surface area (TPSA) is 24.5 Å². The Hall–Kier alpha value is -0.970. The highest BCUT2D eigenvalue weighted by Crippen LogP contribution is 2.09. The lowest BCUT2D eigenvalue weighted by atomic mass is 10.2. The summed E-state index contributed by atoms with van der Waals surface area (Å²) in [5, 5.41) is 3.35. The second-order valence-electron chi connectivity index (χ2n) is 4.50. The number of nitrogens with zero attached hydrogens (tertiary/aromatic N) is 1. The summed E-state index contributed by atoms with van der Waals surface area (Å²) < 4.78 is 18.7. The number of ether oxygens (including phenoxy) is 1. The molecule has 0 amide bonds. The number of halogens is 1. The van der Waals surface area contributed by atoms with E-state index in [1.54, 1.807) is 13.2 Å². The minimum atomic E-state index is -0.143. The van der Waals surface area contributed by atoms with Crippen LogP contribution in [-0.4, -0.2) is 44.8 Å². The Labute approximate surface area is 109 Å². The van der Waals surface area contributed by atoms with Crippen LogP contribution in [0.1, 0.15) is 12.5 Å². The molecule has 1 aromatic rings. The number of likely N-dealkylation sites (N-methyl/N-ethyl adjacent to an activating group) is 2. The number of rotatable bonds is 8. The predicted octanol–water partition coefficient (Wildman–Crippen LogP) is 1.88. The first-order chi connectivity index (χ1) is 8.67. The molecule has 1 N–H and O–H groups in total. The fraction of sp³-hybridized carbons (Fsp3) is 0.571. The minimum Gasteiger partial charge on any atom is -0.383 e. The maximum Gasteiger partial charge on any atom is 0.127 e. The lowest BCUT2D eigenvalue weighted by Crippen LogP contribution is -2.42. The van der Waals surface area contributed by atoms with Gasteiger partial charge in [-0.3, -0.25) is 0 Å².